The van der Waals surface area contributed by atoms with E-state index in [2.05, 4.69) is 25.6 Å². The molecule has 12 heteroatoms. The minimum Gasteiger partial charge on any atom is -0.390 e. The van der Waals surface area contributed by atoms with Crippen molar-refractivity contribution in [3.63, 3.8) is 0 Å². The zero-order valence-corrected chi connectivity index (χ0v) is 18.9. The maximum Gasteiger partial charge on any atom is 0.255 e. The average Bonchev–Trinajstić information content (AvgIpc) is 2.76. The van der Waals surface area contributed by atoms with E-state index < -0.39 is 30.5 Å². The van der Waals surface area contributed by atoms with Gasteiger partial charge in [-0.1, -0.05) is 0 Å². The Labute approximate surface area is 195 Å². The first-order valence-corrected chi connectivity index (χ1v) is 10.5. The highest BCUT2D eigenvalue weighted by Gasteiger charge is 2.42. The molecular weight excluding hydrogens is 448 g/mol. The zero-order chi connectivity index (χ0) is 25.0. The fourth-order valence-electron chi connectivity index (χ4n) is 3.68. The maximum absolute atomic E-state index is 12.6. The van der Waals surface area contributed by atoms with Crippen LogP contribution in [0, 0.1) is 17.2 Å². The molecule has 0 spiro atoms. The Morgan fingerprint density at radius 2 is 2.00 bits per heavy atom. The highest BCUT2D eigenvalue weighted by Crippen LogP contribution is 2.37. The fraction of sp³-hybridized carbons (Fsp3) is 0.455. The summed E-state index contributed by atoms with van der Waals surface area (Å²) in [5.41, 5.74) is 0.336. The van der Waals surface area contributed by atoms with Crippen LogP contribution in [-0.4, -0.2) is 68.4 Å². The van der Waals surface area contributed by atoms with E-state index >= 15 is 0 Å². The summed E-state index contributed by atoms with van der Waals surface area (Å²) in [7, 11) is 1.27. The highest BCUT2D eigenvalue weighted by atomic mass is 19.3. The molecule has 0 saturated heterocycles. The lowest BCUT2D eigenvalue weighted by molar-refractivity contribution is -0.133. The van der Waals surface area contributed by atoms with Crippen molar-refractivity contribution in [2.24, 2.45) is 5.92 Å². The number of anilines is 2. The third kappa shape index (κ3) is 5.99. The van der Waals surface area contributed by atoms with Gasteiger partial charge in [0.1, 0.15) is 12.1 Å². The minimum absolute atomic E-state index is 0.0214. The molecule has 0 bridgehead atoms. The molecule has 10 nitrogen and oxygen atoms in total. The van der Waals surface area contributed by atoms with Crippen LogP contribution in [0.2, 0.25) is 0 Å². The van der Waals surface area contributed by atoms with Crippen molar-refractivity contribution >= 4 is 23.3 Å². The molecule has 0 aromatic carbocycles. The molecule has 180 valence electrons. The molecule has 0 radical (unpaired) electrons. The number of aliphatic hydroxyl groups is 1. The van der Waals surface area contributed by atoms with E-state index in [0.717, 1.165) is 4.90 Å². The minimum atomic E-state index is -2.66. The number of amides is 2. The van der Waals surface area contributed by atoms with Crippen molar-refractivity contribution in [2.75, 3.05) is 24.2 Å². The Morgan fingerprint density at radius 3 is 2.56 bits per heavy atom. The highest BCUT2D eigenvalue weighted by molar-refractivity contribution is 5.92. The van der Waals surface area contributed by atoms with E-state index in [9.17, 15) is 28.7 Å². The lowest BCUT2D eigenvalue weighted by Gasteiger charge is -2.39. The molecule has 34 heavy (non-hydrogen) atoms. The monoisotopic (exact) mass is 473 g/mol. The number of alkyl halides is 2. The quantitative estimate of drug-likeness (QED) is 0.528. The molecule has 1 unspecified atom stereocenters. The van der Waals surface area contributed by atoms with Gasteiger partial charge in [-0.15, -0.1) is 0 Å². The van der Waals surface area contributed by atoms with Crippen molar-refractivity contribution in [1.82, 2.24) is 19.9 Å². The van der Waals surface area contributed by atoms with Crippen LogP contribution in [-0.2, 0) is 9.59 Å². The van der Waals surface area contributed by atoms with Crippen molar-refractivity contribution in [3.8, 4) is 17.3 Å². The first-order chi connectivity index (χ1) is 16.0. The van der Waals surface area contributed by atoms with Crippen molar-refractivity contribution in [1.29, 1.82) is 5.26 Å². The normalized spacial score (nSPS) is 20.1. The molecule has 2 heterocycles. The van der Waals surface area contributed by atoms with Gasteiger partial charge < -0.3 is 20.6 Å². The third-order valence-electron chi connectivity index (χ3n) is 5.47. The largest absolute Gasteiger partial charge is 0.390 e. The van der Waals surface area contributed by atoms with Crippen LogP contribution >= 0.6 is 0 Å². The number of nitriles is 1. The van der Waals surface area contributed by atoms with Crippen LogP contribution in [0.4, 0.5) is 20.3 Å². The Morgan fingerprint density at radius 1 is 1.29 bits per heavy atom. The van der Waals surface area contributed by atoms with Crippen LogP contribution in [0.15, 0.2) is 24.7 Å². The fourth-order valence-corrected chi connectivity index (χ4v) is 3.68. The maximum atomic E-state index is 12.6. The summed E-state index contributed by atoms with van der Waals surface area (Å²) < 4.78 is 25.1. The number of likely N-dealkylation sites (N-methyl/N-ethyl adjacent to an activating group) is 1. The summed E-state index contributed by atoms with van der Waals surface area (Å²) in [5, 5.41) is 24.6. The summed E-state index contributed by atoms with van der Waals surface area (Å²) in [4.78, 5) is 38.0. The van der Waals surface area contributed by atoms with Gasteiger partial charge in [-0.25, -0.2) is 18.7 Å². The number of nitrogens with zero attached hydrogens (tertiary/aromatic N) is 5. The van der Waals surface area contributed by atoms with Crippen molar-refractivity contribution in [3.05, 3.63) is 30.4 Å². The third-order valence-corrected chi connectivity index (χ3v) is 5.47. The summed E-state index contributed by atoms with van der Waals surface area (Å²) in [6.07, 6.45) is 2.32. The number of carbonyl (C=O) groups is 2. The predicted molar refractivity (Wildman–Crippen MR) is 119 cm³/mol. The zero-order valence-electron chi connectivity index (χ0n) is 18.9. The molecule has 3 rings (SSSR count). The van der Waals surface area contributed by atoms with E-state index in [4.69, 9.17) is 0 Å². The van der Waals surface area contributed by atoms with E-state index in [0.29, 0.717) is 24.1 Å². The molecule has 1 aliphatic carbocycles. The topological polar surface area (TPSA) is 144 Å². The average molecular weight is 473 g/mol. The second-order valence-corrected chi connectivity index (χ2v) is 8.59. The molecule has 1 atom stereocenters. The number of hydrogen-bond donors (Lipinski definition) is 3. The van der Waals surface area contributed by atoms with Crippen LogP contribution in [0.1, 0.15) is 32.4 Å². The smallest absolute Gasteiger partial charge is 0.255 e. The first kappa shape index (κ1) is 24.9. The second-order valence-electron chi connectivity index (χ2n) is 8.59. The van der Waals surface area contributed by atoms with Gasteiger partial charge in [-0.3, -0.25) is 14.6 Å². The van der Waals surface area contributed by atoms with Gasteiger partial charge in [-0.05, 0) is 32.8 Å². The molecule has 3 N–H and O–H groups in total. The molecule has 1 saturated carbocycles. The Hall–Kier alpha value is -3.72. The number of rotatable bonds is 8. The molecule has 2 amide bonds. The van der Waals surface area contributed by atoms with Gasteiger partial charge in [0.15, 0.2) is 11.5 Å². The van der Waals surface area contributed by atoms with E-state index in [1.54, 1.807) is 13.0 Å². The van der Waals surface area contributed by atoms with Crippen LogP contribution < -0.4 is 10.6 Å². The van der Waals surface area contributed by atoms with Crippen LogP contribution in [0.25, 0.3) is 11.3 Å². The SMILES string of the molecule is CC(Nc1cc(-c2cnc(NC(=O)C3CC(C)(O)C3)cn2)cnc1C#N)C(=O)N(C)CC(F)F. The van der Waals surface area contributed by atoms with Gasteiger partial charge in [0.25, 0.3) is 6.43 Å². The Kier molecular flexibility index (Phi) is 7.36. The summed E-state index contributed by atoms with van der Waals surface area (Å²) in [6, 6.07) is 2.59. The van der Waals surface area contributed by atoms with Crippen LogP contribution in [0.3, 0.4) is 0 Å². The van der Waals surface area contributed by atoms with Crippen molar-refractivity contribution < 1.29 is 23.5 Å². The molecule has 2 aromatic rings. The van der Waals surface area contributed by atoms with Gasteiger partial charge in [0.05, 0.1) is 35.9 Å². The first-order valence-electron chi connectivity index (χ1n) is 10.5. The van der Waals surface area contributed by atoms with E-state index in [1.165, 1.54) is 32.6 Å². The predicted octanol–water partition coefficient (Wildman–Crippen LogP) is 2.03. The molecular formula is C22H25F2N7O3. The van der Waals surface area contributed by atoms with Crippen molar-refractivity contribution in [2.45, 2.75) is 44.8 Å². The summed E-state index contributed by atoms with van der Waals surface area (Å²) in [5.74, 6) is -0.836. The Bertz CT molecular complexity index is 1090. The second kappa shape index (κ2) is 10.0. The summed E-state index contributed by atoms with van der Waals surface area (Å²) in [6.45, 7) is 2.47. The number of nitrogens with one attached hydrogen (secondary N) is 2. The summed E-state index contributed by atoms with van der Waals surface area (Å²) >= 11 is 0. The van der Waals surface area contributed by atoms with Gasteiger partial charge in [0.2, 0.25) is 11.8 Å². The molecule has 1 aliphatic rings. The van der Waals surface area contributed by atoms with Gasteiger partial charge in [0, 0.05) is 24.7 Å². The van der Waals surface area contributed by atoms with Gasteiger partial charge in [-0.2, -0.15) is 5.26 Å². The number of hydrogen-bond acceptors (Lipinski definition) is 8. The standard InChI is InChI=1S/C22H25F2N7O3/c1-12(21(33)31(3)11-18(23)24)29-15-4-13(8-26-16(15)7-25)17-9-28-19(10-27-17)30-20(32)14-5-22(2,34)6-14/h4,8-10,12,14,18,29,34H,5-6,11H2,1-3H3,(H,28,30,32). The van der Waals surface area contributed by atoms with Gasteiger partial charge >= 0.3 is 0 Å². The Balaban J connectivity index is 1.70. The van der Waals surface area contributed by atoms with Crippen LogP contribution in [0.5, 0.6) is 0 Å². The lowest BCUT2D eigenvalue weighted by Crippen LogP contribution is -2.46. The number of carbonyl (C=O) groups excluding carboxylic acids is 2. The number of aromatic nitrogens is 3. The lowest BCUT2D eigenvalue weighted by atomic mass is 9.72. The molecule has 2 aromatic heterocycles. The van der Waals surface area contributed by atoms with E-state index in [1.807, 2.05) is 6.07 Å². The molecule has 0 aliphatic heterocycles. The number of pyridine rings is 1. The number of halogens is 2. The van der Waals surface area contributed by atoms with E-state index in [-0.39, 0.29) is 29.0 Å². The molecule has 1 fully saturated rings.